The summed E-state index contributed by atoms with van der Waals surface area (Å²) in [6.07, 6.45) is 0.539. The van der Waals surface area contributed by atoms with Crippen molar-refractivity contribution in [1.82, 2.24) is 5.32 Å². The van der Waals surface area contributed by atoms with Crippen molar-refractivity contribution in [2.75, 3.05) is 13.7 Å². The van der Waals surface area contributed by atoms with Crippen LogP contribution in [0.15, 0.2) is 17.5 Å². The molecule has 0 aliphatic heterocycles. The highest BCUT2D eigenvalue weighted by molar-refractivity contribution is 7.10. The van der Waals surface area contributed by atoms with Gasteiger partial charge in [-0.15, -0.1) is 11.3 Å². The summed E-state index contributed by atoms with van der Waals surface area (Å²) in [6, 6.07) is 3.56. The van der Waals surface area contributed by atoms with Crippen LogP contribution in [-0.2, 0) is 9.53 Å². The second-order valence-corrected chi connectivity index (χ2v) is 5.61. The Balaban J connectivity index is 2.59. The second kappa shape index (κ2) is 7.51. The molecule has 18 heavy (non-hydrogen) atoms. The van der Waals surface area contributed by atoms with Crippen molar-refractivity contribution in [3.63, 3.8) is 0 Å². The minimum atomic E-state index is -0.508. The fourth-order valence-corrected chi connectivity index (χ4v) is 2.62. The third kappa shape index (κ3) is 4.40. The molecule has 0 saturated carbocycles. The average Bonchev–Trinajstić information content (AvgIpc) is 2.85. The standard InChI is InChI=1S/C13H22N2O2S/c1-9(2)12(11-5-4-8-18-11)15-13(16)10(14)6-7-17-3/h4-5,8-10,12H,6-7,14H2,1-3H3,(H,15,16). The van der Waals surface area contributed by atoms with E-state index in [9.17, 15) is 4.79 Å². The topological polar surface area (TPSA) is 64.3 Å². The maximum atomic E-state index is 12.0. The first-order valence-corrected chi connectivity index (χ1v) is 7.02. The van der Waals surface area contributed by atoms with Crippen LogP contribution in [0.2, 0.25) is 0 Å². The van der Waals surface area contributed by atoms with E-state index in [4.69, 9.17) is 10.5 Å². The molecule has 0 fully saturated rings. The van der Waals surface area contributed by atoms with Gasteiger partial charge in [-0.3, -0.25) is 4.79 Å². The van der Waals surface area contributed by atoms with E-state index in [1.165, 1.54) is 0 Å². The fraction of sp³-hybridized carbons (Fsp3) is 0.615. The lowest BCUT2D eigenvalue weighted by Crippen LogP contribution is -2.43. The van der Waals surface area contributed by atoms with Crippen LogP contribution in [0.3, 0.4) is 0 Å². The van der Waals surface area contributed by atoms with E-state index >= 15 is 0 Å². The summed E-state index contributed by atoms with van der Waals surface area (Å²) in [5.74, 6) is 0.223. The minimum Gasteiger partial charge on any atom is -0.385 e. The molecular weight excluding hydrogens is 248 g/mol. The maximum absolute atomic E-state index is 12.0. The van der Waals surface area contributed by atoms with Gasteiger partial charge < -0.3 is 15.8 Å². The van der Waals surface area contributed by atoms with E-state index in [-0.39, 0.29) is 11.9 Å². The first-order chi connectivity index (χ1) is 8.56. The van der Waals surface area contributed by atoms with Gasteiger partial charge in [0.15, 0.2) is 0 Å². The van der Waals surface area contributed by atoms with Gasteiger partial charge in [0.05, 0.1) is 12.1 Å². The number of thiophene rings is 1. The van der Waals surface area contributed by atoms with Crippen molar-refractivity contribution in [2.24, 2.45) is 11.7 Å². The Hall–Kier alpha value is -0.910. The Kier molecular flexibility index (Phi) is 6.32. The van der Waals surface area contributed by atoms with Gasteiger partial charge in [-0.1, -0.05) is 19.9 Å². The van der Waals surface area contributed by atoms with Gasteiger partial charge in [-0.25, -0.2) is 0 Å². The van der Waals surface area contributed by atoms with Gasteiger partial charge in [0.25, 0.3) is 0 Å². The number of carbonyl (C=O) groups excluding carboxylic acids is 1. The molecule has 102 valence electrons. The quantitative estimate of drug-likeness (QED) is 0.795. The fourth-order valence-electron chi connectivity index (χ4n) is 1.67. The summed E-state index contributed by atoms with van der Waals surface area (Å²) in [5, 5.41) is 5.03. The average molecular weight is 270 g/mol. The number of carbonyl (C=O) groups is 1. The summed E-state index contributed by atoms with van der Waals surface area (Å²) in [4.78, 5) is 13.1. The summed E-state index contributed by atoms with van der Waals surface area (Å²) < 4.78 is 4.93. The third-order valence-corrected chi connectivity index (χ3v) is 3.74. The predicted octanol–water partition coefficient (Wildman–Crippen LogP) is 1.93. The normalized spacial score (nSPS) is 14.5. The van der Waals surface area contributed by atoms with Crippen LogP contribution in [0.4, 0.5) is 0 Å². The van der Waals surface area contributed by atoms with E-state index in [0.717, 1.165) is 4.88 Å². The Morgan fingerprint density at radius 1 is 1.56 bits per heavy atom. The monoisotopic (exact) mass is 270 g/mol. The van der Waals surface area contributed by atoms with Crippen LogP contribution in [0.25, 0.3) is 0 Å². The van der Waals surface area contributed by atoms with Gasteiger partial charge >= 0.3 is 0 Å². The molecule has 2 unspecified atom stereocenters. The Morgan fingerprint density at radius 2 is 2.28 bits per heavy atom. The van der Waals surface area contributed by atoms with Crippen molar-refractivity contribution in [1.29, 1.82) is 0 Å². The van der Waals surface area contributed by atoms with Crippen molar-refractivity contribution in [3.05, 3.63) is 22.4 Å². The minimum absolute atomic E-state index is 0.0334. The molecule has 1 heterocycles. The van der Waals surface area contributed by atoms with Crippen molar-refractivity contribution in [3.8, 4) is 0 Å². The molecule has 0 radical (unpaired) electrons. The molecule has 3 N–H and O–H groups in total. The number of hydrogen-bond acceptors (Lipinski definition) is 4. The lowest BCUT2D eigenvalue weighted by atomic mass is 10.0. The molecule has 1 aromatic heterocycles. The van der Waals surface area contributed by atoms with Crippen molar-refractivity contribution < 1.29 is 9.53 Å². The Labute approximate surface area is 113 Å². The van der Waals surface area contributed by atoms with Crippen LogP contribution in [-0.4, -0.2) is 25.7 Å². The highest BCUT2D eigenvalue weighted by Crippen LogP contribution is 2.25. The largest absolute Gasteiger partial charge is 0.385 e. The van der Waals surface area contributed by atoms with Crippen LogP contribution in [0.1, 0.15) is 31.2 Å². The van der Waals surface area contributed by atoms with Gasteiger partial charge in [0.2, 0.25) is 5.91 Å². The second-order valence-electron chi connectivity index (χ2n) is 4.63. The first-order valence-electron chi connectivity index (χ1n) is 6.14. The van der Waals surface area contributed by atoms with E-state index in [2.05, 4.69) is 19.2 Å². The summed E-state index contributed by atoms with van der Waals surface area (Å²) >= 11 is 1.65. The molecule has 0 aliphatic rings. The number of hydrogen-bond donors (Lipinski definition) is 2. The first kappa shape index (κ1) is 15.1. The zero-order valence-corrected chi connectivity index (χ0v) is 12.0. The zero-order valence-electron chi connectivity index (χ0n) is 11.2. The number of nitrogens with two attached hydrogens (primary N) is 1. The van der Waals surface area contributed by atoms with Crippen molar-refractivity contribution in [2.45, 2.75) is 32.4 Å². The zero-order chi connectivity index (χ0) is 13.5. The predicted molar refractivity (Wildman–Crippen MR) is 74.5 cm³/mol. The van der Waals surface area contributed by atoms with E-state index in [0.29, 0.717) is 18.9 Å². The summed E-state index contributed by atoms with van der Waals surface area (Å²) in [7, 11) is 1.60. The van der Waals surface area contributed by atoms with Crippen molar-refractivity contribution >= 4 is 17.2 Å². The molecule has 1 rings (SSSR count). The highest BCUT2D eigenvalue weighted by atomic mass is 32.1. The number of ether oxygens (including phenoxy) is 1. The number of nitrogens with one attached hydrogen (secondary N) is 1. The lowest BCUT2D eigenvalue weighted by Gasteiger charge is -2.23. The summed E-state index contributed by atoms with van der Waals surface area (Å²) in [6.45, 7) is 4.68. The van der Waals surface area contributed by atoms with E-state index in [1.807, 2.05) is 17.5 Å². The molecule has 2 atom stereocenters. The van der Waals surface area contributed by atoms with Gasteiger partial charge in [0, 0.05) is 18.6 Å². The number of methoxy groups -OCH3 is 1. The molecule has 5 heteroatoms. The Morgan fingerprint density at radius 3 is 2.78 bits per heavy atom. The maximum Gasteiger partial charge on any atom is 0.237 e. The van der Waals surface area contributed by atoms with Gasteiger partial charge in [-0.2, -0.15) is 0 Å². The lowest BCUT2D eigenvalue weighted by molar-refractivity contribution is -0.123. The molecule has 0 saturated heterocycles. The van der Waals surface area contributed by atoms with Crippen LogP contribution < -0.4 is 11.1 Å². The molecular formula is C13H22N2O2S. The molecule has 0 spiro atoms. The molecule has 4 nitrogen and oxygen atoms in total. The molecule has 0 bridgehead atoms. The Bertz CT molecular complexity index is 352. The van der Waals surface area contributed by atoms with E-state index < -0.39 is 6.04 Å². The number of amides is 1. The van der Waals surface area contributed by atoms with Gasteiger partial charge in [-0.05, 0) is 23.8 Å². The molecule has 0 aromatic carbocycles. The van der Waals surface area contributed by atoms with Gasteiger partial charge in [0.1, 0.15) is 0 Å². The third-order valence-electron chi connectivity index (χ3n) is 2.78. The van der Waals surface area contributed by atoms with Crippen LogP contribution in [0, 0.1) is 5.92 Å². The van der Waals surface area contributed by atoms with Crippen LogP contribution >= 0.6 is 11.3 Å². The SMILES string of the molecule is COCCC(N)C(=O)NC(c1cccs1)C(C)C. The molecule has 1 amide bonds. The highest BCUT2D eigenvalue weighted by Gasteiger charge is 2.22. The van der Waals surface area contributed by atoms with Crippen LogP contribution in [0.5, 0.6) is 0 Å². The number of rotatable bonds is 7. The molecule has 0 aliphatic carbocycles. The summed E-state index contributed by atoms with van der Waals surface area (Å²) in [5.41, 5.74) is 5.82. The smallest absolute Gasteiger partial charge is 0.237 e. The van der Waals surface area contributed by atoms with E-state index in [1.54, 1.807) is 18.4 Å². The molecule has 1 aromatic rings.